The number of hydrogen-bond donors (Lipinski definition) is 1. The highest BCUT2D eigenvalue weighted by Crippen LogP contribution is 2.32. The Labute approximate surface area is 117 Å². The van der Waals surface area contributed by atoms with Crippen LogP contribution in [0.2, 0.25) is 0 Å². The van der Waals surface area contributed by atoms with Gasteiger partial charge in [-0.1, -0.05) is 26.1 Å². The predicted octanol–water partition coefficient (Wildman–Crippen LogP) is 3.08. The van der Waals surface area contributed by atoms with Crippen molar-refractivity contribution in [2.45, 2.75) is 20.3 Å². The van der Waals surface area contributed by atoms with Crippen LogP contribution in [-0.4, -0.2) is 18.1 Å². The van der Waals surface area contributed by atoms with Gasteiger partial charge in [0.25, 0.3) is 0 Å². The van der Waals surface area contributed by atoms with Crippen molar-refractivity contribution in [2.75, 3.05) is 18.0 Å². The number of anilines is 1. The smallest absolute Gasteiger partial charge is 0.150 e. The summed E-state index contributed by atoms with van der Waals surface area (Å²) in [7, 11) is 0. The number of benzene rings is 1. The first-order chi connectivity index (χ1) is 8.90. The van der Waals surface area contributed by atoms with E-state index in [1.165, 1.54) is 12.1 Å². The largest absolute Gasteiger partial charge is 0.389 e. The minimum absolute atomic E-state index is 0.00540. The first-order valence-corrected chi connectivity index (χ1v) is 6.84. The summed E-state index contributed by atoms with van der Waals surface area (Å²) in [6, 6.07) is 2.42. The van der Waals surface area contributed by atoms with Gasteiger partial charge in [0.15, 0.2) is 0 Å². The van der Waals surface area contributed by atoms with E-state index in [4.69, 9.17) is 18.0 Å². The maximum atomic E-state index is 14.1. The van der Waals surface area contributed by atoms with E-state index in [0.29, 0.717) is 24.9 Å². The van der Waals surface area contributed by atoms with Gasteiger partial charge in [-0.3, -0.25) is 0 Å². The monoisotopic (exact) mass is 284 g/mol. The maximum absolute atomic E-state index is 14.1. The minimum Gasteiger partial charge on any atom is -0.389 e. The van der Waals surface area contributed by atoms with Gasteiger partial charge in [-0.2, -0.15) is 0 Å². The summed E-state index contributed by atoms with van der Waals surface area (Å²) in [6.07, 6.45) is 0.966. The second kappa shape index (κ2) is 5.41. The molecule has 2 rings (SSSR count). The van der Waals surface area contributed by atoms with Crippen LogP contribution in [0.15, 0.2) is 12.1 Å². The highest BCUT2D eigenvalue weighted by Gasteiger charge is 2.28. The molecular weight excluding hydrogens is 266 g/mol. The van der Waals surface area contributed by atoms with Gasteiger partial charge < -0.3 is 10.6 Å². The lowest BCUT2D eigenvalue weighted by Crippen LogP contribution is -2.24. The zero-order chi connectivity index (χ0) is 14.2. The average Bonchev–Trinajstić information content (AvgIpc) is 2.77. The minimum atomic E-state index is -0.591. The highest BCUT2D eigenvalue weighted by atomic mass is 32.1. The van der Waals surface area contributed by atoms with E-state index in [2.05, 4.69) is 13.8 Å². The number of halogens is 2. The Morgan fingerprint density at radius 1 is 1.37 bits per heavy atom. The van der Waals surface area contributed by atoms with Gasteiger partial charge in [0.05, 0.1) is 0 Å². The van der Waals surface area contributed by atoms with Crippen molar-refractivity contribution >= 4 is 22.9 Å². The van der Waals surface area contributed by atoms with E-state index >= 15 is 0 Å². The number of thiocarbonyl (C=S) groups is 1. The molecule has 1 atom stereocenters. The SMILES string of the molecule is CC(C)C1CCN(c2c(F)cc(C(N)=S)cc2F)C1. The number of nitrogens with zero attached hydrogens (tertiary/aromatic N) is 1. The predicted molar refractivity (Wildman–Crippen MR) is 77.4 cm³/mol. The van der Waals surface area contributed by atoms with E-state index in [1.54, 1.807) is 4.90 Å². The Hall–Kier alpha value is -1.23. The molecule has 0 bridgehead atoms. The summed E-state index contributed by atoms with van der Waals surface area (Å²) in [5, 5.41) is 0. The molecule has 5 heteroatoms. The molecule has 1 heterocycles. The standard InChI is InChI=1S/C14H18F2N2S/c1-8(2)9-3-4-18(7-9)13-11(15)5-10(14(17)19)6-12(13)16/h5-6,8-9H,3-4,7H2,1-2H3,(H2,17,19). The van der Waals surface area contributed by atoms with Gasteiger partial charge in [-0.25, -0.2) is 8.78 Å². The Bertz CT molecular complexity index is 479. The highest BCUT2D eigenvalue weighted by molar-refractivity contribution is 7.80. The second-order valence-corrected chi connectivity index (χ2v) is 5.83. The number of hydrogen-bond acceptors (Lipinski definition) is 2. The summed E-state index contributed by atoms with van der Waals surface area (Å²) in [6.45, 7) is 5.65. The molecule has 1 aromatic rings. The van der Waals surface area contributed by atoms with Crippen LogP contribution in [0.1, 0.15) is 25.8 Å². The first-order valence-electron chi connectivity index (χ1n) is 6.44. The van der Waals surface area contributed by atoms with Crippen molar-refractivity contribution < 1.29 is 8.78 Å². The molecule has 2 N–H and O–H groups in total. The van der Waals surface area contributed by atoms with E-state index < -0.39 is 11.6 Å². The van der Waals surface area contributed by atoms with Gasteiger partial charge >= 0.3 is 0 Å². The fourth-order valence-electron chi connectivity index (χ4n) is 2.54. The van der Waals surface area contributed by atoms with Crippen molar-refractivity contribution in [2.24, 2.45) is 17.6 Å². The summed E-state index contributed by atoms with van der Waals surface area (Å²) < 4.78 is 28.1. The quantitative estimate of drug-likeness (QED) is 0.865. The Kier molecular flexibility index (Phi) is 4.04. The van der Waals surface area contributed by atoms with Crippen molar-refractivity contribution in [1.29, 1.82) is 0 Å². The van der Waals surface area contributed by atoms with Gasteiger partial charge in [0, 0.05) is 18.7 Å². The van der Waals surface area contributed by atoms with Crippen LogP contribution < -0.4 is 10.6 Å². The van der Waals surface area contributed by atoms with Gasteiger partial charge in [-0.15, -0.1) is 0 Å². The van der Waals surface area contributed by atoms with Crippen LogP contribution in [-0.2, 0) is 0 Å². The Balaban J connectivity index is 2.29. The normalized spacial score (nSPS) is 19.2. The molecule has 1 aromatic carbocycles. The van der Waals surface area contributed by atoms with Crippen molar-refractivity contribution in [3.63, 3.8) is 0 Å². The lowest BCUT2D eigenvalue weighted by atomic mass is 9.95. The molecule has 1 aliphatic rings. The summed E-state index contributed by atoms with van der Waals surface area (Å²) in [5.41, 5.74) is 5.68. The van der Waals surface area contributed by atoms with Crippen LogP contribution in [0.5, 0.6) is 0 Å². The molecule has 1 saturated heterocycles. The third-order valence-corrected chi connectivity index (χ3v) is 4.02. The van der Waals surface area contributed by atoms with Crippen LogP contribution in [0.25, 0.3) is 0 Å². The van der Waals surface area contributed by atoms with Crippen LogP contribution in [0.4, 0.5) is 14.5 Å². The van der Waals surface area contributed by atoms with Crippen molar-refractivity contribution in [3.05, 3.63) is 29.3 Å². The molecule has 104 valence electrons. The molecule has 1 aliphatic heterocycles. The molecule has 0 amide bonds. The third kappa shape index (κ3) is 2.86. The van der Waals surface area contributed by atoms with Crippen LogP contribution >= 0.6 is 12.2 Å². The Morgan fingerprint density at radius 3 is 2.37 bits per heavy atom. The van der Waals surface area contributed by atoms with E-state index in [0.717, 1.165) is 6.42 Å². The molecule has 0 radical (unpaired) electrons. The molecule has 19 heavy (non-hydrogen) atoms. The van der Waals surface area contributed by atoms with Crippen molar-refractivity contribution in [1.82, 2.24) is 0 Å². The average molecular weight is 284 g/mol. The van der Waals surface area contributed by atoms with Crippen LogP contribution in [0.3, 0.4) is 0 Å². The maximum Gasteiger partial charge on any atom is 0.150 e. The molecule has 1 unspecified atom stereocenters. The molecular formula is C14H18F2N2S. The molecule has 2 nitrogen and oxygen atoms in total. The van der Waals surface area contributed by atoms with E-state index in [9.17, 15) is 8.78 Å². The summed E-state index contributed by atoms with van der Waals surface area (Å²) in [5.74, 6) is -0.180. The second-order valence-electron chi connectivity index (χ2n) is 5.39. The molecule has 0 spiro atoms. The van der Waals surface area contributed by atoms with Gasteiger partial charge in [0.2, 0.25) is 0 Å². The molecule has 0 aromatic heterocycles. The molecule has 0 saturated carbocycles. The first kappa shape index (κ1) is 14.2. The van der Waals surface area contributed by atoms with E-state index in [-0.39, 0.29) is 16.2 Å². The summed E-state index contributed by atoms with van der Waals surface area (Å²) in [4.78, 5) is 1.78. The topological polar surface area (TPSA) is 29.3 Å². The zero-order valence-electron chi connectivity index (χ0n) is 11.1. The lowest BCUT2D eigenvalue weighted by Gasteiger charge is -2.21. The van der Waals surface area contributed by atoms with E-state index in [1.807, 2.05) is 0 Å². The van der Waals surface area contributed by atoms with Crippen molar-refractivity contribution in [3.8, 4) is 0 Å². The zero-order valence-corrected chi connectivity index (χ0v) is 11.9. The molecule has 0 aliphatic carbocycles. The Morgan fingerprint density at radius 2 is 1.95 bits per heavy atom. The number of nitrogens with two attached hydrogens (primary N) is 1. The van der Waals surface area contributed by atoms with Crippen LogP contribution in [0, 0.1) is 23.5 Å². The fraction of sp³-hybridized carbons (Fsp3) is 0.500. The fourth-order valence-corrected chi connectivity index (χ4v) is 2.66. The lowest BCUT2D eigenvalue weighted by molar-refractivity contribution is 0.422. The number of rotatable bonds is 3. The summed E-state index contributed by atoms with van der Waals surface area (Å²) >= 11 is 4.74. The third-order valence-electron chi connectivity index (χ3n) is 3.79. The molecule has 1 fully saturated rings. The van der Waals surface area contributed by atoms with Gasteiger partial charge in [0.1, 0.15) is 22.3 Å². The van der Waals surface area contributed by atoms with Gasteiger partial charge in [-0.05, 0) is 30.4 Å².